The monoisotopic (exact) mass is 610 g/mol. The lowest BCUT2D eigenvalue weighted by molar-refractivity contribution is 1.24. The second kappa shape index (κ2) is 8.57. The number of fused-ring (bicyclic) bond motifs is 16. The summed E-state index contributed by atoms with van der Waals surface area (Å²) in [6.07, 6.45) is 3.78. The van der Waals surface area contributed by atoms with Gasteiger partial charge in [0.05, 0.1) is 33.5 Å². The first kappa shape index (κ1) is 24.6. The summed E-state index contributed by atoms with van der Waals surface area (Å²) in [5.41, 5.74) is 11.9. The zero-order valence-electron chi connectivity index (χ0n) is 25.4. The highest BCUT2D eigenvalue weighted by Crippen LogP contribution is 2.49. The molecule has 6 heteroatoms. The van der Waals surface area contributed by atoms with Crippen molar-refractivity contribution in [3.05, 3.63) is 134 Å². The maximum Gasteiger partial charge on any atom is 0.145 e. The second-order valence-corrected chi connectivity index (χ2v) is 12.6. The van der Waals surface area contributed by atoms with Gasteiger partial charge >= 0.3 is 0 Å². The van der Waals surface area contributed by atoms with Crippen molar-refractivity contribution in [3.63, 3.8) is 0 Å². The van der Waals surface area contributed by atoms with Crippen molar-refractivity contribution in [2.24, 2.45) is 0 Å². The first-order valence-corrected chi connectivity index (χ1v) is 16.2. The van der Waals surface area contributed by atoms with Gasteiger partial charge in [0.2, 0.25) is 0 Å². The van der Waals surface area contributed by atoms with Gasteiger partial charge < -0.3 is 0 Å². The lowest BCUT2D eigenvalue weighted by atomic mass is 10.00. The molecule has 0 aliphatic carbocycles. The highest BCUT2D eigenvalue weighted by molar-refractivity contribution is 6.39. The molecule has 12 rings (SSSR count). The van der Waals surface area contributed by atoms with E-state index in [0.29, 0.717) is 0 Å². The van der Waals surface area contributed by atoms with E-state index in [-0.39, 0.29) is 0 Å². The molecule has 12 aromatic rings. The van der Waals surface area contributed by atoms with Gasteiger partial charge in [0.15, 0.2) is 0 Å². The third-order valence-corrected chi connectivity index (χ3v) is 10.2. The lowest BCUT2D eigenvalue weighted by Gasteiger charge is -2.13. The number of rotatable bonds is 2. The van der Waals surface area contributed by atoms with Crippen LogP contribution < -0.4 is 0 Å². The minimum Gasteiger partial charge on any atom is -0.290 e. The molecule has 0 radical (unpaired) electrons. The number of hydrogen-bond acceptors (Lipinski definition) is 4. The molecule has 6 nitrogen and oxygen atoms in total. The van der Waals surface area contributed by atoms with Crippen molar-refractivity contribution < 1.29 is 0 Å². The maximum absolute atomic E-state index is 5.65. The van der Waals surface area contributed by atoms with Crippen LogP contribution in [0.3, 0.4) is 0 Å². The Labute approximate surface area is 271 Å². The molecule has 48 heavy (non-hydrogen) atoms. The number of hydrogen-bond donors (Lipinski definition) is 0. The summed E-state index contributed by atoms with van der Waals surface area (Å²) in [7, 11) is 0. The highest BCUT2D eigenvalue weighted by Gasteiger charge is 2.29. The first-order chi connectivity index (χ1) is 23.9. The standard InChI is InChI=1S/C42H22N6/c1-3-11-23(12-4-1)33-34(24-13-5-2-6-14-24)46-36-32-30-18-8-16-26-28-20-10-22-44-42(28)48(38(26)30)40(32)39-31(35(36)45-33)29-17-7-15-25-27-19-9-21-43-41(27)47(39)37(25)29/h1-22H. The Bertz CT molecular complexity index is 3050. The van der Waals surface area contributed by atoms with Gasteiger partial charge in [-0.1, -0.05) is 97.1 Å². The van der Waals surface area contributed by atoms with Gasteiger partial charge in [-0.25, -0.2) is 19.9 Å². The van der Waals surface area contributed by atoms with E-state index in [1.165, 1.54) is 10.8 Å². The highest BCUT2D eigenvalue weighted by atomic mass is 15.0. The number of nitrogens with zero attached hydrogens (tertiary/aromatic N) is 6. The minimum absolute atomic E-state index is 0.867. The average molecular weight is 611 g/mol. The predicted molar refractivity (Wildman–Crippen MR) is 195 cm³/mol. The minimum atomic E-state index is 0.867. The average Bonchev–Trinajstić information content (AvgIpc) is 3.89. The smallest absolute Gasteiger partial charge is 0.145 e. The van der Waals surface area contributed by atoms with Crippen LogP contribution in [0.1, 0.15) is 0 Å². The quantitative estimate of drug-likeness (QED) is 0.195. The molecule has 0 aliphatic heterocycles. The zero-order valence-corrected chi connectivity index (χ0v) is 25.4. The molecule has 0 spiro atoms. The van der Waals surface area contributed by atoms with Crippen LogP contribution in [0.15, 0.2) is 134 Å². The van der Waals surface area contributed by atoms with Crippen molar-refractivity contribution in [2.75, 3.05) is 0 Å². The molecule has 0 unspecified atom stereocenters. The summed E-state index contributed by atoms with van der Waals surface area (Å²) in [5.74, 6) is 0. The Kier molecular flexibility index (Phi) is 4.39. The van der Waals surface area contributed by atoms with Crippen LogP contribution in [0.2, 0.25) is 0 Å². The van der Waals surface area contributed by atoms with E-state index in [4.69, 9.17) is 19.9 Å². The Morgan fingerprint density at radius 2 is 0.771 bits per heavy atom. The Morgan fingerprint density at radius 3 is 1.23 bits per heavy atom. The molecule has 5 aromatic carbocycles. The lowest BCUT2D eigenvalue weighted by Crippen LogP contribution is -1.98. The summed E-state index contributed by atoms with van der Waals surface area (Å²) in [6.45, 7) is 0. The predicted octanol–water partition coefficient (Wildman–Crippen LogP) is 10.1. The fourth-order valence-corrected chi connectivity index (χ4v) is 8.41. The molecule has 220 valence electrons. The summed E-state index contributed by atoms with van der Waals surface area (Å²) in [5, 5.41) is 9.10. The van der Waals surface area contributed by atoms with E-state index in [2.05, 4.69) is 106 Å². The number of para-hydroxylation sites is 2. The number of benzene rings is 5. The van der Waals surface area contributed by atoms with Crippen LogP contribution in [0.25, 0.3) is 110 Å². The normalized spacial score (nSPS) is 12.6. The van der Waals surface area contributed by atoms with Gasteiger partial charge in [-0.2, -0.15) is 0 Å². The Balaban J connectivity index is 1.45. The van der Waals surface area contributed by atoms with Crippen LogP contribution in [0.4, 0.5) is 0 Å². The van der Waals surface area contributed by atoms with E-state index in [0.717, 1.165) is 99.2 Å². The summed E-state index contributed by atoms with van der Waals surface area (Å²) in [4.78, 5) is 21.3. The fraction of sp³-hybridized carbons (Fsp3) is 0. The molecule has 0 atom stereocenters. The Morgan fingerprint density at radius 1 is 0.354 bits per heavy atom. The topological polar surface area (TPSA) is 60.4 Å². The number of pyridine rings is 2. The van der Waals surface area contributed by atoms with Crippen molar-refractivity contribution >= 4 is 87.5 Å². The molecule has 7 aromatic heterocycles. The van der Waals surface area contributed by atoms with E-state index in [1.54, 1.807) is 0 Å². The fourth-order valence-electron chi connectivity index (χ4n) is 8.41. The van der Waals surface area contributed by atoms with Gasteiger partial charge in [-0.15, -0.1) is 0 Å². The zero-order chi connectivity index (χ0) is 31.1. The molecular formula is C42H22N6. The molecule has 0 bridgehead atoms. The van der Waals surface area contributed by atoms with Gasteiger partial charge in [0.25, 0.3) is 0 Å². The van der Waals surface area contributed by atoms with Crippen LogP contribution in [-0.2, 0) is 0 Å². The van der Waals surface area contributed by atoms with Crippen LogP contribution in [0.5, 0.6) is 0 Å². The van der Waals surface area contributed by atoms with Gasteiger partial charge in [-0.05, 0) is 24.3 Å². The van der Waals surface area contributed by atoms with Gasteiger partial charge in [0, 0.05) is 66.6 Å². The summed E-state index contributed by atoms with van der Waals surface area (Å²) >= 11 is 0. The summed E-state index contributed by atoms with van der Waals surface area (Å²) in [6, 6.07) is 42.5. The molecule has 0 N–H and O–H groups in total. The Hall–Kier alpha value is -6.66. The largest absolute Gasteiger partial charge is 0.290 e. The second-order valence-electron chi connectivity index (χ2n) is 12.6. The molecule has 7 heterocycles. The third-order valence-electron chi connectivity index (χ3n) is 10.2. The van der Waals surface area contributed by atoms with Crippen molar-refractivity contribution in [1.82, 2.24) is 28.7 Å². The van der Waals surface area contributed by atoms with E-state index < -0.39 is 0 Å². The van der Waals surface area contributed by atoms with Crippen LogP contribution in [-0.4, -0.2) is 28.7 Å². The summed E-state index contributed by atoms with van der Waals surface area (Å²) < 4.78 is 4.74. The molecular weight excluding hydrogens is 589 g/mol. The van der Waals surface area contributed by atoms with Crippen molar-refractivity contribution in [3.8, 4) is 22.5 Å². The first-order valence-electron chi connectivity index (χ1n) is 16.2. The van der Waals surface area contributed by atoms with Crippen LogP contribution in [0, 0.1) is 0 Å². The van der Waals surface area contributed by atoms with Gasteiger partial charge in [-0.3, -0.25) is 8.80 Å². The van der Waals surface area contributed by atoms with E-state index in [9.17, 15) is 0 Å². The van der Waals surface area contributed by atoms with E-state index >= 15 is 0 Å². The molecule has 0 saturated carbocycles. The molecule has 0 fully saturated rings. The van der Waals surface area contributed by atoms with Crippen molar-refractivity contribution in [2.45, 2.75) is 0 Å². The van der Waals surface area contributed by atoms with Crippen LogP contribution >= 0.6 is 0 Å². The molecule has 0 saturated heterocycles. The van der Waals surface area contributed by atoms with Gasteiger partial charge in [0.1, 0.15) is 22.3 Å². The number of aromatic nitrogens is 6. The third kappa shape index (κ3) is 2.81. The SMILES string of the molecule is c1ccc(-c2nc3c(nc2-c2ccccc2)c2c4cccc5c6cccnc6n(c54)c2c2c3c3cccc4c5cccnc5n2c43)cc1. The van der Waals surface area contributed by atoms with E-state index in [1.807, 2.05) is 36.7 Å². The molecule has 0 aliphatic rings. The molecule has 0 amide bonds. The maximum atomic E-state index is 5.65. The van der Waals surface area contributed by atoms with Crippen molar-refractivity contribution in [1.29, 1.82) is 0 Å².